The molecule has 0 bridgehead atoms. The fraction of sp³-hybridized carbons (Fsp3) is 0.267. The first-order valence-electron chi connectivity index (χ1n) is 6.31. The molecule has 1 aromatic carbocycles. The lowest BCUT2D eigenvalue weighted by atomic mass is 10.2. The van der Waals surface area contributed by atoms with Gasteiger partial charge in [0.25, 0.3) is 0 Å². The number of aryl methyl sites for hydroxylation is 1. The molecule has 0 fully saturated rings. The normalized spacial score (nSPS) is 11.3. The summed E-state index contributed by atoms with van der Waals surface area (Å²) in [5.41, 5.74) is 1.20. The Hall–Kier alpha value is -2.24. The highest BCUT2D eigenvalue weighted by Crippen LogP contribution is 2.30. The van der Waals surface area contributed by atoms with Crippen LogP contribution < -0.4 is 10.1 Å². The van der Waals surface area contributed by atoms with Gasteiger partial charge in [0.15, 0.2) is 0 Å². The predicted molar refractivity (Wildman–Crippen MR) is 74.3 cm³/mol. The molecule has 112 valence electrons. The van der Waals surface area contributed by atoms with E-state index in [1.807, 2.05) is 6.92 Å². The lowest BCUT2D eigenvalue weighted by molar-refractivity contribution is -0.137. The predicted octanol–water partition coefficient (Wildman–Crippen LogP) is 4.03. The number of benzene rings is 1. The summed E-state index contributed by atoms with van der Waals surface area (Å²) in [5, 5.41) is 2.93. The van der Waals surface area contributed by atoms with Crippen molar-refractivity contribution in [1.82, 2.24) is 4.98 Å². The minimum absolute atomic E-state index is 0.319. The Morgan fingerprint density at radius 2 is 1.95 bits per heavy atom. The van der Waals surface area contributed by atoms with Crippen molar-refractivity contribution in [2.45, 2.75) is 19.6 Å². The number of halogens is 3. The molecule has 1 heterocycles. The summed E-state index contributed by atoms with van der Waals surface area (Å²) in [4.78, 5) is 4.30. The molecule has 2 aromatic rings. The first-order valence-corrected chi connectivity index (χ1v) is 6.31. The first kappa shape index (κ1) is 15.2. The lowest BCUT2D eigenvalue weighted by Crippen LogP contribution is -2.07. The van der Waals surface area contributed by atoms with Crippen molar-refractivity contribution in [2.75, 3.05) is 12.4 Å². The maximum Gasteiger partial charge on any atom is 0.416 e. The summed E-state index contributed by atoms with van der Waals surface area (Å²) in [7, 11) is 1.55. The molecule has 0 saturated carbocycles. The zero-order valence-electron chi connectivity index (χ0n) is 11.7. The minimum atomic E-state index is -4.34. The Kier molecular flexibility index (Phi) is 4.35. The van der Waals surface area contributed by atoms with Crippen LogP contribution in [0.4, 0.5) is 18.9 Å². The molecule has 0 spiro atoms. The van der Waals surface area contributed by atoms with Gasteiger partial charge in [-0.1, -0.05) is 6.07 Å². The lowest BCUT2D eigenvalue weighted by Gasteiger charge is -2.11. The number of nitrogens with one attached hydrogen (secondary N) is 1. The van der Waals surface area contributed by atoms with Gasteiger partial charge in [-0.05, 0) is 25.1 Å². The third-order valence-electron chi connectivity index (χ3n) is 2.88. The number of aromatic nitrogens is 1. The molecular formula is C15H15F3N2O. The van der Waals surface area contributed by atoms with Crippen molar-refractivity contribution < 1.29 is 17.9 Å². The van der Waals surface area contributed by atoms with E-state index in [1.165, 1.54) is 6.07 Å². The quantitative estimate of drug-likeness (QED) is 0.925. The fourth-order valence-electron chi connectivity index (χ4n) is 1.91. The van der Waals surface area contributed by atoms with Crippen molar-refractivity contribution in [2.24, 2.45) is 0 Å². The van der Waals surface area contributed by atoms with E-state index in [4.69, 9.17) is 4.74 Å². The van der Waals surface area contributed by atoms with Gasteiger partial charge in [0.1, 0.15) is 5.75 Å². The highest BCUT2D eigenvalue weighted by atomic mass is 19.4. The van der Waals surface area contributed by atoms with Gasteiger partial charge >= 0.3 is 6.18 Å². The number of hydrogen-bond acceptors (Lipinski definition) is 3. The van der Waals surface area contributed by atoms with Crippen LogP contribution >= 0.6 is 0 Å². The average Bonchev–Trinajstić information content (AvgIpc) is 2.44. The summed E-state index contributed by atoms with van der Waals surface area (Å²) < 4.78 is 43.0. The number of pyridine rings is 1. The van der Waals surface area contributed by atoms with Crippen LogP contribution in [0, 0.1) is 6.92 Å². The van der Waals surface area contributed by atoms with Crippen LogP contribution in [-0.2, 0) is 12.7 Å². The van der Waals surface area contributed by atoms with Gasteiger partial charge in [0, 0.05) is 23.5 Å². The highest BCUT2D eigenvalue weighted by Gasteiger charge is 2.30. The first-order chi connectivity index (χ1) is 9.88. The standard InChI is InChI=1S/C15H15F3N2O/c1-10-6-14(21-2)8-13(20-10)9-19-12-5-3-4-11(7-12)15(16,17)18/h3-8,19H,9H2,1-2H3. The summed E-state index contributed by atoms with van der Waals surface area (Å²) in [6.07, 6.45) is -4.34. The van der Waals surface area contributed by atoms with Gasteiger partial charge in [0.2, 0.25) is 0 Å². The van der Waals surface area contributed by atoms with Crippen molar-refractivity contribution in [3.63, 3.8) is 0 Å². The molecule has 0 aliphatic rings. The van der Waals surface area contributed by atoms with Gasteiger partial charge in [-0.3, -0.25) is 4.98 Å². The zero-order chi connectivity index (χ0) is 15.5. The second-order valence-corrected chi connectivity index (χ2v) is 4.57. The Labute approximate surface area is 120 Å². The molecule has 0 amide bonds. The van der Waals surface area contributed by atoms with Crippen LogP contribution in [0.1, 0.15) is 17.0 Å². The molecule has 6 heteroatoms. The van der Waals surface area contributed by atoms with Gasteiger partial charge in [-0.15, -0.1) is 0 Å². The van der Waals surface area contributed by atoms with E-state index in [9.17, 15) is 13.2 Å². The van der Waals surface area contributed by atoms with Gasteiger partial charge in [-0.25, -0.2) is 0 Å². The molecule has 0 aliphatic carbocycles. The number of alkyl halides is 3. The topological polar surface area (TPSA) is 34.1 Å². The van der Waals surface area contributed by atoms with Crippen LogP contribution in [0.5, 0.6) is 5.75 Å². The van der Waals surface area contributed by atoms with E-state index >= 15 is 0 Å². The Bertz CT molecular complexity index is 627. The number of methoxy groups -OCH3 is 1. The van der Waals surface area contributed by atoms with Crippen molar-refractivity contribution in [3.05, 3.63) is 53.3 Å². The molecule has 3 nitrogen and oxygen atoms in total. The molecule has 1 aromatic heterocycles. The molecule has 0 saturated heterocycles. The molecule has 2 rings (SSSR count). The fourth-order valence-corrected chi connectivity index (χ4v) is 1.91. The second-order valence-electron chi connectivity index (χ2n) is 4.57. The third-order valence-corrected chi connectivity index (χ3v) is 2.88. The third kappa shape index (κ3) is 4.11. The maximum atomic E-state index is 12.6. The number of ether oxygens (including phenoxy) is 1. The zero-order valence-corrected chi connectivity index (χ0v) is 11.7. The molecule has 21 heavy (non-hydrogen) atoms. The van der Waals surface area contributed by atoms with E-state index in [1.54, 1.807) is 25.3 Å². The smallest absolute Gasteiger partial charge is 0.416 e. The second kappa shape index (κ2) is 6.03. The number of rotatable bonds is 4. The molecule has 0 unspecified atom stereocenters. The SMILES string of the molecule is COc1cc(C)nc(CNc2cccc(C(F)(F)F)c2)c1. The average molecular weight is 296 g/mol. The summed E-state index contributed by atoms with van der Waals surface area (Å²) in [6, 6.07) is 8.60. The molecular weight excluding hydrogens is 281 g/mol. The largest absolute Gasteiger partial charge is 0.497 e. The highest BCUT2D eigenvalue weighted by molar-refractivity contribution is 5.47. The van der Waals surface area contributed by atoms with Crippen LogP contribution in [0.15, 0.2) is 36.4 Å². The van der Waals surface area contributed by atoms with Crippen LogP contribution in [0.2, 0.25) is 0 Å². The van der Waals surface area contributed by atoms with E-state index in [2.05, 4.69) is 10.3 Å². The molecule has 1 N–H and O–H groups in total. The minimum Gasteiger partial charge on any atom is -0.497 e. The summed E-state index contributed by atoms with van der Waals surface area (Å²) in [6.45, 7) is 2.15. The molecule has 0 aliphatic heterocycles. The monoisotopic (exact) mass is 296 g/mol. The molecule has 0 atom stereocenters. The van der Waals surface area contributed by atoms with Crippen LogP contribution in [0.25, 0.3) is 0 Å². The van der Waals surface area contributed by atoms with Crippen molar-refractivity contribution >= 4 is 5.69 Å². The van der Waals surface area contributed by atoms with Crippen LogP contribution in [0.3, 0.4) is 0 Å². The van der Waals surface area contributed by atoms with Gasteiger partial charge in [0.05, 0.1) is 24.9 Å². The van der Waals surface area contributed by atoms with Gasteiger partial charge < -0.3 is 10.1 Å². The van der Waals surface area contributed by atoms with E-state index in [0.29, 0.717) is 23.7 Å². The Balaban J connectivity index is 2.11. The van der Waals surface area contributed by atoms with Crippen molar-refractivity contribution in [1.29, 1.82) is 0 Å². The number of hydrogen-bond donors (Lipinski definition) is 1. The molecule has 0 radical (unpaired) electrons. The Morgan fingerprint density at radius 3 is 2.62 bits per heavy atom. The van der Waals surface area contributed by atoms with E-state index < -0.39 is 11.7 Å². The summed E-state index contributed by atoms with van der Waals surface area (Å²) in [5.74, 6) is 0.670. The number of nitrogens with zero attached hydrogens (tertiary/aromatic N) is 1. The van der Waals surface area contributed by atoms with E-state index in [0.717, 1.165) is 17.8 Å². The van der Waals surface area contributed by atoms with E-state index in [-0.39, 0.29) is 0 Å². The number of anilines is 1. The van der Waals surface area contributed by atoms with Gasteiger partial charge in [-0.2, -0.15) is 13.2 Å². The van der Waals surface area contributed by atoms with Crippen LogP contribution in [-0.4, -0.2) is 12.1 Å². The Morgan fingerprint density at radius 1 is 1.19 bits per heavy atom. The maximum absolute atomic E-state index is 12.6. The van der Waals surface area contributed by atoms with Crippen molar-refractivity contribution in [3.8, 4) is 5.75 Å². The summed E-state index contributed by atoms with van der Waals surface area (Å²) >= 11 is 0.